The fourth-order valence-electron chi connectivity index (χ4n) is 1.20. The number of aromatic nitrogens is 3. The normalized spacial score (nSPS) is 12.9. The van der Waals surface area contributed by atoms with Crippen LogP contribution in [0.15, 0.2) is 0 Å². The summed E-state index contributed by atoms with van der Waals surface area (Å²) in [6.45, 7) is 7.57. The van der Waals surface area contributed by atoms with Crippen molar-refractivity contribution in [3.8, 4) is 0 Å². The van der Waals surface area contributed by atoms with Gasteiger partial charge in [0, 0.05) is 5.92 Å². The van der Waals surface area contributed by atoms with Gasteiger partial charge in [-0.05, 0) is 13.3 Å². The third-order valence-corrected chi connectivity index (χ3v) is 2.18. The molecule has 0 aliphatic carbocycles. The lowest BCUT2D eigenvalue weighted by atomic mass is 10.1. The summed E-state index contributed by atoms with van der Waals surface area (Å²) in [4.78, 5) is 15.7. The van der Waals surface area contributed by atoms with E-state index in [1.54, 1.807) is 0 Å². The second-order valence-corrected chi connectivity index (χ2v) is 3.90. The van der Waals surface area contributed by atoms with E-state index in [0.29, 0.717) is 5.82 Å². The zero-order valence-electron chi connectivity index (χ0n) is 9.66. The average molecular weight is 210 g/mol. The van der Waals surface area contributed by atoms with Crippen LogP contribution in [-0.4, -0.2) is 21.1 Å². The van der Waals surface area contributed by atoms with Gasteiger partial charge in [0.25, 0.3) is 0 Å². The van der Waals surface area contributed by atoms with Gasteiger partial charge < -0.3 is 5.32 Å². The molecule has 0 saturated heterocycles. The molecule has 5 heteroatoms. The number of nitrogens with zero attached hydrogens (tertiary/aromatic N) is 2. The molecule has 1 rings (SSSR count). The summed E-state index contributed by atoms with van der Waals surface area (Å²) in [5.74, 6) is 1.44. The van der Waals surface area contributed by atoms with E-state index in [-0.39, 0.29) is 17.9 Å². The number of nitrogens with one attached hydrogen (secondary N) is 2. The molecule has 1 heterocycles. The molecule has 1 aromatic heterocycles. The van der Waals surface area contributed by atoms with E-state index in [4.69, 9.17) is 0 Å². The van der Waals surface area contributed by atoms with E-state index in [1.807, 2.05) is 27.7 Å². The smallest absolute Gasteiger partial charge is 0.223 e. The van der Waals surface area contributed by atoms with Gasteiger partial charge in [-0.25, -0.2) is 4.98 Å². The molecular weight excluding hydrogens is 192 g/mol. The van der Waals surface area contributed by atoms with Crippen molar-refractivity contribution in [2.45, 2.75) is 40.2 Å². The van der Waals surface area contributed by atoms with Gasteiger partial charge in [-0.2, -0.15) is 5.10 Å². The Morgan fingerprint density at radius 2 is 2.20 bits per heavy atom. The number of hydrogen-bond acceptors (Lipinski definition) is 3. The Bertz CT molecular complexity index is 332. The van der Waals surface area contributed by atoms with Crippen LogP contribution in [0.2, 0.25) is 0 Å². The van der Waals surface area contributed by atoms with E-state index in [9.17, 15) is 4.79 Å². The molecule has 1 aromatic rings. The third kappa shape index (κ3) is 3.04. The van der Waals surface area contributed by atoms with Gasteiger partial charge in [0.1, 0.15) is 5.82 Å². The van der Waals surface area contributed by atoms with Crippen molar-refractivity contribution >= 4 is 5.91 Å². The van der Waals surface area contributed by atoms with Crippen molar-refractivity contribution in [2.24, 2.45) is 5.92 Å². The molecule has 0 saturated carbocycles. The second kappa shape index (κ2) is 4.91. The molecule has 0 aromatic carbocycles. The van der Waals surface area contributed by atoms with Gasteiger partial charge in [-0.15, -0.1) is 0 Å². The van der Waals surface area contributed by atoms with Crippen LogP contribution in [0.4, 0.5) is 0 Å². The maximum atomic E-state index is 11.5. The van der Waals surface area contributed by atoms with Crippen LogP contribution in [0.3, 0.4) is 0 Å². The van der Waals surface area contributed by atoms with Crippen LogP contribution in [0.1, 0.15) is 44.9 Å². The standard InChI is InChI=1S/C10H18N4O/c1-5-8(12-10(15)6(2)3)9-11-7(4)13-14-9/h6,8H,5H2,1-4H3,(H,12,15)(H,11,13,14). The van der Waals surface area contributed by atoms with Gasteiger partial charge in [0.05, 0.1) is 6.04 Å². The first-order chi connectivity index (χ1) is 7.04. The number of hydrogen-bond donors (Lipinski definition) is 2. The van der Waals surface area contributed by atoms with Crippen LogP contribution in [0, 0.1) is 12.8 Å². The fraction of sp³-hybridized carbons (Fsp3) is 0.700. The fourth-order valence-corrected chi connectivity index (χ4v) is 1.20. The second-order valence-electron chi connectivity index (χ2n) is 3.90. The summed E-state index contributed by atoms with van der Waals surface area (Å²) in [6, 6.07) is -0.0927. The Labute approximate surface area is 89.7 Å². The van der Waals surface area contributed by atoms with Gasteiger partial charge in [-0.3, -0.25) is 9.89 Å². The Kier molecular flexibility index (Phi) is 3.82. The molecule has 0 aliphatic heterocycles. The van der Waals surface area contributed by atoms with Crippen LogP contribution < -0.4 is 5.32 Å². The number of aromatic amines is 1. The highest BCUT2D eigenvalue weighted by Crippen LogP contribution is 2.12. The molecule has 5 nitrogen and oxygen atoms in total. The minimum Gasteiger partial charge on any atom is -0.346 e. The molecule has 0 spiro atoms. The molecular formula is C10H18N4O. The van der Waals surface area contributed by atoms with Crippen molar-refractivity contribution < 1.29 is 4.79 Å². The van der Waals surface area contributed by atoms with Gasteiger partial charge in [0.2, 0.25) is 5.91 Å². The van der Waals surface area contributed by atoms with Crippen molar-refractivity contribution in [3.63, 3.8) is 0 Å². The molecule has 15 heavy (non-hydrogen) atoms. The topological polar surface area (TPSA) is 70.7 Å². The quantitative estimate of drug-likeness (QED) is 0.787. The number of H-pyrrole nitrogens is 1. The Morgan fingerprint density at radius 3 is 2.60 bits per heavy atom. The third-order valence-electron chi connectivity index (χ3n) is 2.18. The summed E-state index contributed by atoms with van der Waals surface area (Å²) in [5.41, 5.74) is 0. The summed E-state index contributed by atoms with van der Waals surface area (Å²) in [5, 5.41) is 9.73. The molecule has 2 N–H and O–H groups in total. The van der Waals surface area contributed by atoms with Crippen LogP contribution in [-0.2, 0) is 4.79 Å². The molecule has 0 aliphatic rings. The van der Waals surface area contributed by atoms with Gasteiger partial charge in [-0.1, -0.05) is 20.8 Å². The Morgan fingerprint density at radius 1 is 1.53 bits per heavy atom. The van der Waals surface area contributed by atoms with Crippen molar-refractivity contribution in [3.05, 3.63) is 11.6 Å². The van der Waals surface area contributed by atoms with Crippen molar-refractivity contribution in [1.29, 1.82) is 0 Å². The predicted octanol–water partition coefficient (Wildman–Crippen LogP) is 1.34. The number of amides is 1. The number of aryl methyl sites for hydroxylation is 1. The highest BCUT2D eigenvalue weighted by Gasteiger charge is 2.18. The van der Waals surface area contributed by atoms with Crippen molar-refractivity contribution in [2.75, 3.05) is 0 Å². The average Bonchev–Trinajstić information content (AvgIpc) is 2.60. The molecule has 0 radical (unpaired) electrons. The molecule has 1 amide bonds. The monoisotopic (exact) mass is 210 g/mol. The molecule has 84 valence electrons. The Hall–Kier alpha value is -1.39. The van der Waals surface area contributed by atoms with Gasteiger partial charge >= 0.3 is 0 Å². The lowest BCUT2D eigenvalue weighted by molar-refractivity contribution is -0.124. The van der Waals surface area contributed by atoms with Crippen LogP contribution >= 0.6 is 0 Å². The van der Waals surface area contributed by atoms with Crippen LogP contribution in [0.5, 0.6) is 0 Å². The van der Waals surface area contributed by atoms with Gasteiger partial charge in [0.15, 0.2) is 5.82 Å². The highest BCUT2D eigenvalue weighted by atomic mass is 16.1. The summed E-state index contributed by atoms with van der Waals surface area (Å²) >= 11 is 0. The lowest BCUT2D eigenvalue weighted by Gasteiger charge is -2.15. The van der Waals surface area contributed by atoms with Crippen molar-refractivity contribution in [1.82, 2.24) is 20.5 Å². The molecule has 0 fully saturated rings. The van der Waals surface area contributed by atoms with E-state index in [2.05, 4.69) is 20.5 Å². The van der Waals surface area contributed by atoms with E-state index in [1.165, 1.54) is 0 Å². The lowest BCUT2D eigenvalue weighted by Crippen LogP contribution is -2.32. The highest BCUT2D eigenvalue weighted by molar-refractivity contribution is 5.78. The Balaban J connectivity index is 2.68. The largest absolute Gasteiger partial charge is 0.346 e. The first kappa shape index (κ1) is 11.7. The molecule has 0 bridgehead atoms. The summed E-state index contributed by atoms with van der Waals surface area (Å²) in [7, 11) is 0. The van der Waals surface area contributed by atoms with E-state index < -0.39 is 0 Å². The maximum Gasteiger partial charge on any atom is 0.223 e. The first-order valence-electron chi connectivity index (χ1n) is 5.23. The molecule has 1 unspecified atom stereocenters. The SMILES string of the molecule is CCC(NC(=O)C(C)C)c1n[nH]c(C)n1. The zero-order valence-corrected chi connectivity index (χ0v) is 9.66. The minimum atomic E-state index is -0.0927. The van der Waals surface area contributed by atoms with Crippen LogP contribution in [0.25, 0.3) is 0 Å². The first-order valence-corrected chi connectivity index (χ1v) is 5.23. The van der Waals surface area contributed by atoms with E-state index >= 15 is 0 Å². The predicted molar refractivity (Wildman–Crippen MR) is 57.1 cm³/mol. The van der Waals surface area contributed by atoms with E-state index in [0.717, 1.165) is 12.2 Å². The number of carbonyl (C=O) groups excluding carboxylic acids is 1. The maximum absolute atomic E-state index is 11.5. The number of rotatable bonds is 4. The minimum absolute atomic E-state index is 0.0147. The zero-order chi connectivity index (χ0) is 11.4. The summed E-state index contributed by atoms with van der Waals surface area (Å²) < 4.78 is 0. The molecule has 1 atom stereocenters. The summed E-state index contributed by atoms with van der Waals surface area (Å²) in [6.07, 6.45) is 0.787. The number of carbonyl (C=O) groups is 1.